The van der Waals surface area contributed by atoms with Gasteiger partial charge in [0.25, 0.3) is 0 Å². The van der Waals surface area contributed by atoms with Gasteiger partial charge in [0.05, 0.1) is 5.69 Å². The third kappa shape index (κ3) is 2.41. The Morgan fingerprint density at radius 1 is 1.00 bits per heavy atom. The van der Waals surface area contributed by atoms with Gasteiger partial charge in [0.1, 0.15) is 0 Å². The highest BCUT2D eigenvalue weighted by Gasteiger charge is 1.96. The number of nitrogens with zero attached hydrogens (tertiary/aromatic N) is 2. The summed E-state index contributed by atoms with van der Waals surface area (Å²) in [5.41, 5.74) is 3.49. The Balaban J connectivity index is 2.17. The van der Waals surface area contributed by atoms with Crippen molar-refractivity contribution in [1.82, 2.24) is 9.97 Å². The Morgan fingerprint density at radius 2 is 1.73 bits per heavy atom. The average Bonchev–Trinajstić information content (AvgIpc) is 2.31. The Bertz CT molecular complexity index is 432. The van der Waals surface area contributed by atoms with Crippen molar-refractivity contribution in [3.05, 3.63) is 42.7 Å². The van der Waals surface area contributed by atoms with Gasteiger partial charge in [-0.15, -0.1) is 0 Å². The van der Waals surface area contributed by atoms with Crippen LogP contribution in [0.5, 0.6) is 0 Å². The molecule has 1 heterocycles. The maximum absolute atomic E-state index is 8.72. The lowest BCUT2D eigenvalue weighted by Crippen LogP contribution is -1.96. The van der Waals surface area contributed by atoms with Crippen LogP contribution < -0.4 is 10.8 Å². The summed E-state index contributed by atoms with van der Waals surface area (Å²) >= 11 is 0. The minimum Gasteiger partial charge on any atom is -0.324 e. The number of nitrogens with one attached hydrogen (secondary N) is 2. The number of anilines is 3. The standard InChI is InChI=1S/C10H10N4O/c15-14-9-4-1-3-8(7-9)13-10-11-5-2-6-12-10/h1-7,14-15H,(H,11,12,13). The van der Waals surface area contributed by atoms with Gasteiger partial charge in [0.15, 0.2) is 0 Å². The summed E-state index contributed by atoms with van der Waals surface area (Å²) in [6, 6.07) is 8.91. The molecule has 0 atom stereocenters. The number of benzene rings is 1. The van der Waals surface area contributed by atoms with E-state index in [9.17, 15) is 0 Å². The summed E-state index contributed by atoms with van der Waals surface area (Å²) in [5, 5.41) is 11.7. The molecule has 0 saturated heterocycles. The van der Waals surface area contributed by atoms with Gasteiger partial charge >= 0.3 is 0 Å². The van der Waals surface area contributed by atoms with Crippen LogP contribution in [0.3, 0.4) is 0 Å². The molecular formula is C10H10N4O. The first-order valence-electron chi connectivity index (χ1n) is 4.43. The first-order valence-corrected chi connectivity index (χ1v) is 4.43. The lowest BCUT2D eigenvalue weighted by molar-refractivity contribution is 0.389. The van der Waals surface area contributed by atoms with Crippen LogP contribution in [-0.2, 0) is 0 Å². The third-order valence-electron chi connectivity index (χ3n) is 1.81. The molecule has 0 spiro atoms. The molecule has 15 heavy (non-hydrogen) atoms. The largest absolute Gasteiger partial charge is 0.324 e. The molecule has 5 heteroatoms. The molecule has 1 aromatic heterocycles. The molecule has 1 aromatic carbocycles. The fourth-order valence-electron chi connectivity index (χ4n) is 1.16. The predicted octanol–water partition coefficient (Wildman–Crippen LogP) is 2.02. The van der Waals surface area contributed by atoms with E-state index in [1.54, 1.807) is 30.6 Å². The van der Waals surface area contributed by atoms with E-state index in [4.69, 9.17) is 5.21 Å². The van der Waals surface area contributed by atoms with Gasteiger partial charge in [-0.05, 0) is 24.3 Å². The van der Waals surface area contributed by atoms with Crippen LogP contribution in [0.1, 0.15) is 0 Å². The van der Waals surface area contributed by atoms with Crippen LogP contribution in [0.2, 0.25) is 0 Å². The zero-order chi connectivity index (χ0) is 10.5. The summed E-state index contributed by atoms with van der Waals surface area (Å²) < 4.78 is 0. The van der Waals surface area contributed by atoms with Crippen LogP contribution >= 0.6 is 0 Å². The number of rotatable bonds is 3. The monoisotopic (exact) mass is 202 g/mol. The molecular weight excluding hydrogens is 192 g/mol. The van der Waals surface area contributed by atoms with E-state index < -0.39 is 0 Å². The van der Waals surface area contributed by atoms with Gasteiger partial charge in [-0.2, -0.15) is 0 Å². The van der Waals surface area contributed by atoms with Crippen molar-refractivity contribution in [2.45, 2.75) is 0 Å². The molecule has 0 radical (unpaired) electrons. The minimum absolute atomic E-state index is 0.521. The van der Waals surface area contributed by atoms with Crippen molar-refractivity contribution >= 4 is 17.3 Å². The molecule has 3 N–H and O–H groups in total. The molecule has 0 unspecified atom stereocenters. The predicted molar refractivity (Wildman–Crippen MR) is 57.2 cm³/mol. The van der Waals surface area contributed by atoms with Crippen LogP contribution in [0, 0.1) is 0 Å². The van der Waals surface area contributed by atoms with Crippen LogP contribution in [0.25, 0.3) is 0 Å². The molecule has 5 nitrogen and oxygen atoms in total. The molecule has 0 saturated carbocycles. The highest BCUT2D eigenvalue weighted by atomic mass is 16.5. The van der Waals surface area contributed by atoms with Crippen molar-refractivity contribution in [3.8, 4) is 0 Å². The fourth-order valence-corrected chi connectivity index (χ4v) is 1.16. The SMILES string of the molecule is ONc1cccc(Nc2ncccn2)c1. The highest BCUT2D eigenvalue weighted by molar-refractivity contribution is 5.60. The Hall–Kier alpha value is -2.14. The molecule has 2 rings (SSSR count). The van der Waals surface area contributed by atoms with Crippen molar-refractivity contribution in [2.75, 3.05) is 10.8 Å². The average molecular weight is 202 g/mol. The van der Waals surface area contributed by atoms with Gasteiger partial charge in [-0.3, -0.25) is 10.7 Å². The van der Waals surface area contributed by atoms with Crippen molar-refractivity contribution in [1.29, 1.82) is 0 Å². The lowest BCUT2D eigenvalue weighted by atomic mass is 10.3. The highest BCUT2D eigenvalue weighted by Crippen LogP contribution is 2.16. The van der Waals surface area contributed by atoms with Gasteiger partial charge < -0.3 is 5.32 Å². The van der Waals surface area contributed by atoms with Gasteiger partial charge in [0.2, 0.25) is 5.95 Å². The maximum Gasteiger partial charge on any atom is 0.227 e. The van der Waals surface area contributed by atoms with Crippen molar-refractivity contribution < 1.29 is 5.21 Å². The summed E-state index contributed by atoms with van der Waals surface area (Å²) in [6.45, 7) is 0. The molecule has 0 fully saturated rings. The normalized spacial score (nSPS) is 9.67. The maximum atomic E-state index is 8.72. The fraction of sp³-hybridized carbons (Fsp3) is 0. The minimum atomic E-state index is 0.521. The summed E-state index contributed by atoms with van der Waals surface area (Å²) in [4.78, 5) is 8.05. The molecule has 76 valence electrons. The second-order valence-corrected chi connectivity index (χ2v) is 2.89. The van der Waals surface area contributed by atoms with Crippen LogP contribution in [0.4, 0.5) is 17.3 Å². The zero-order valence-electron chi connectivity index (χ0n) is 7.88. The van der Waals surface area contributed by atoms with E-state index in [1.165, 1.54) is 0 Å². The topological polar surface area (TPSA) is 70.1 Å². The Labute approximate surface area is 86.8 Å². The van der Waals surface area contributed by atoms with E-state index in [-0.39, 0.29) is 0 Å². The molecule has 2 aromatic rings. The van der Waals surface area contributed by atoms with E-state index >= 15 is 0 Å². The van der Waals surface area contributed by atoms with E-state index in [0.29, 0.717) is 11.6 Å². The molecule has 0 aliphatic carbocycles. The van der Waals surface area contributed by atoms with Crippen LogP contribution in [-0.4, -0.2) is 15.2 Å². The first-order chi connectivity index (χ1) is 7.38. The van der Waals surface area contributed by atoms with E-state index in [1.807, 2.05) is 12.1 Å². The number of hydrogen-bond acceptors (Lipinski definition) is 5. The van der Waals surface area contributed by atoms with Gasteiger partial charge in [-0.25, -0.2) is 9.97 Å². The number of aromatic nitrogens is 2. The Kier molecular flexibility index (Phi) is 2.75. The third-order valence-corrected chi connectivity index (χ3v) is 1.81. The van der Waals surface area contributed by atoms with Gasteiger partial charge in [-0.1, -0.05) is 6.07 Å². The van der Waals surface area contributed by atoms with Gasteiger partial charge in [0, 0.05) is 18.1 Å². The van der Waals surface area contributed by atoms with E-state index in [2.05, 4.69) is 20.8 Å². The Morgan fingerprint density at radius 3 is 2.47 bits per heavy atom. The second kappa shape index (κ2) is 4.39. The lowest BCUT2D eigenvalue weighted by Gasteiger charge is -2.05. The van der Waals surface area contributed by atoms with Crippen LogP contribution in [0.15, 0.2) is 42.7 Å². The second-order valence-electron chi connectivity index (χ2n) is 2.89. The molecule has 0 amide bonds. The first kappa shape index (κ1) is 9.42. The molecule has 0 aliphatic rings. The van der Waals surface area contributed by atoms with Crippen molar-refractivity contribution in [2.24, 2.45) is 0 Å². The zero-order valence-corrected chi connectivity index (χ0v) is 7.88. The number of hydrogen-bond donors (Lipinski definition) is 3. The van der Waals surface area contributed by atoms with Crippen molar-refractivity contribution in [3.63, 3.8) is 0 Å². The summed E-state index contributed by atoms with van der Waals surface area (Å²) in [6.07, 6.45) is 3.31. The van der Waals surface area contributed by atoms with E-state index in [0.717, 1.165) is 5.69 Å². The summed E-state index contributed by atoms with van der Waals surface area (Å²) in [7, 11) is 0. The molecule has 0 aliphatic heterocycles. The molecule has 0 bridgehead atoms. The quantitative estimate of drug-likeness (QED) is 0.664. The smallest absolute Gasteiger partial charge is 0.227 e. The summed E-state index contributed by atoms with van der Waals surface area (Å²) in [5.74, 6) is 0.521.